The van der Waals surface area contributed by atoms with E-state index in [1.807, 2.05) is 11.1 Å². The molecule has 4 aliphatic carbocycles. The number of hydrogen-bond donors (Lipinski definition) is 0. The molecule has 0 aromatic heterocycles. The van der Waals surface area contributed by atoms with Gasteiger partial charge in [0.2, 0.25) is 0 Å². The Morgan fingerprint density at radius 2 is 0.788 bits per heavy atom. The minimum absolute atomic E-state index is 0. The zero-order valence-electron chi connectivity index (χ0n) is 20.8. The maximum atomic E-state index is 2.58. The fourth-order valence-electron chi connectivity index (χ4n) is 6.47. The summed E-state index contributed by atoms with van der Waals surface area (Å²) in [4.78, 5) is 0. The topological polar surface area (TPSA) is 0 Å². The smallest absolute Gasteiger partial charge is 1.00 e. The summed E-state index contributed by atoms with van der Waals surface area (Å²) in [5.41, 5.74) is 3.78. The van der Waals surface area contributed by atoms with Gasteiger partial charge in [-0.2, -0.15) is 0 Å². The van der Waals surface area contributed by atoms with Gasteiger partial charge in [0, 0.05) is 0 Å². The molecular formula is C30H46Cl2Zr. The van der Waals surface area contributed by atoms with Crippen molar-refractivity contribution in [1.29, 1.82) is 0 Å². The Bertz CT molecular complexity index is 606. The van der Waals surface area contributed by atoms with Gasteiger partial charge in [0.1, 0.15) is 0 Å². The van der Waals surface area contributed by atoms with Gasteiger partial charge >= 0.3 is 205 Å². The molecule has 0 aliphatic heterocycles. The van der Waals surface area contributed by atoms with Gasteiger partial charge < -0.3 is 24.8 Å². The third-order valence-electron chi connectivity index (χ3n) is 8.34. The van der Waals surface area contributed by atoms with Crippen molar-refractivity contribution in [3.63, 3.8) is 0 Å². The van der Waals surface area contributed by atoms with E-state index in [0.717, 1.165) is 19.1 Å². The van der Waals surface area contributed by atoms with Crippen LogP contribution in [-0.2, 0) is 23.2 Å². The molecule has 0 N–H and O–H groups in total. The van der Waals surface area contributed by atoms with Gasteiger partial charge in [-0.15, -0.1) is 0 Å². The van der Waals surface area contributed by atoms with Crippen LogP contribution in [0.1, 0.15) is 116 Å². The summed E-state index contributed by atoms with van der Waals surface area (Å²) < 4.78 is 1.98. The quantitative estimate of drug-likeness (QED) is 0.474. The van der Waals surface area contributed by atoms with Gasteiger partial charge in [-0.1, -0.05) is 0 Å². The van der Waals surface area contributed by atoms with E-state index in [1.54, 1.807) is 0 Å². The standard InChI is InChI=1S/2C15H23.2ClH.Zr/c2*1-2-4-6-8-11-15-13-9-12-14(15)10-7-5-3-1;;;/h2*9-10,12-13,15H,1-8,11H2;2*1H;/q;;;;+2/p-2. The van der Waals surface area contributed by atoms with Crippen molar-refractivity contribution >= 4 is 0 Å². The van der Waals surface area contributed by atoms with E-state index in [9.17, 15) is 0 Å². The zero-order chi connectivity index (χ0) is 21.1. The minimum atomic E-state index is -0.523. The average molecular weight is 569 g/mol. The van der Waals surface area contributed by atoms with Crippen molar-refractivity contribution < 1.29 is 48.0 Å². The molecule has 0 bridgehead atoms. The van der Waals surface area contributed by atoms with Crippen LogP contribution < -0.4 is 24.8 Å². The summed E-state index contributed by atoms with van der Waals surface area (Å²) in [6, 6.07) is 0. The molecule has 2 fully saturated rings. The molecule has 0 spiro atoms. The fourth-order valence-corrected chi connectivity index (χ4v) is 12.0. The molecule has 0 aromatic carbocycles. The summed E-state index contributed by atoms with van der Waals surface area (Å²) >= 11 is -0.523. The van der Waals surface area contributed by atoms with Crippen LogP contribution in [0.4, 0.5) is 0 Å². The van der Waals surface area contributed by atoms with E-state index >= 15 is 0 Å². The van der Waals surface area contributed by atoms with Gasteiger partial charge in [0.15, 0.2) is 0 Å². The van der Waals surface area contributed by atoms with Crippen LogP contribution in [0.3, 0.4) is 0 Å². The second kappa shape index (κ2) is 17.0. The van der Waals surface area contributed by atoms with E-state index in [4.69, 9.17) is 0 Å². The Labute approximate surface area is 229 Å². The molecule has 0 heterocycles. The molecule has 4 aliphatic rings. The number of hydrogen-bond acceptors (Lipinski definition) is 0. The van der Waals surface area contributed by atoms with Gasteiger partial charge in [0.25, 0.3) is 0 Å². The first-order valence-electron chi connectivity index (χ1n) is 13.9. The Morgan fingerprint density at radius 1 is 0.455 bits per heavy atom. The number of allylic oxidation sites excluding steroid dienone is 8. The van der Waals surface area contributed by atoms with Crippen molar-refractivity contribution in [1.82, 2.24) is 0 Å². The van der Waals surface area contributed by atoms with Crippen molar-refractivity contribution in [2.24, 2.45) is 11.8 Å². The predicted octanol–water partition coefficient (Wildman–Crippen LogP) is 3.93. The molecule has 33 heavy (non-hydrogen) atoms. The second-order valence-electron chi connectivity index (χ2n) is 10.7. The van der Waals surface area contributed by atoms with Gasteiger partial charge in [0.05, 0.1) is 0 Å². The molecular weight excluding hydrogens is 522 g/mol. The summed E-state index contributed by atoms with van der Waals surface area (Å²) in [6.07, 6.45) is 41.7. The van der Waals surface area contributed by atoms with Crippen molar-refractivity contribution in [3.8, 4) is 0 Å². The molecule has 3 heteroatoms. The molecule has 0 nitrogen and oxygen atoms in total. The molecule has 0 radical (unpaired) electrons. The van der Waals surface area contributed by atoms with Crippen molar-refractivity contribution in [2.75, 3.05) is 0 Å². The van der Waals surface area contributed by atoms with Crippen LogP contribution in [0.5, 0.6) is 0 Å². The van der Waals surface area contributed by atoms with E-state index in [-0.39, 0.29) is 24.8 Å². The number of halogens is 2. The second-order valence-corrected chi connectivity index (χ2v) is 14.9. The van der Waals surface area contributed by atoms with E-state index in [1.165, 1.54) is 116 Å². The Balaban J connectivity index is 0.00000193. The van der Waals surface area contributed by atoms with Crippen LogP contribution in [0.2, 0.25) is 7.25 Å². The molecule has 184 valence electrons. The average Bonchev–Trinajstić information content (AvgIpc) is 3.42. The predicted molar refractivity (Wildman–Crippen MR) is 132 cm³/mol. The number of rotatable bonds is 2. The number of fused-ring (bicyclic) bond motifs is 2. The Hall–Kier alpha value is 0.423. The molecule has 0 saturated heterocycles. The van der Waals surface area contributed by atoms with Crippen molar-refractivity contribution in [2.45, 2.75) is 123 Å². The largest absolute Gasteiger partial charge is 1.00 e. The van der Waals surface area contributed by atoms with Crippen LogP contribution in [0, 0.1) is 11.8 Å². The van der Waals surface area contributed by atoms with Crippen LogP contribution in [0.15, 0.2) is 47.6 Å². The SMILES string of the molecule is C1=CC2CCCCCCCCC[CH]([Zr+2][CH]3CCCCCCCCCC4C=CC=C43)C2=C1.[Cl-].[Cl-]. The monoisotopic (exact) mass is 566 g/mol. The van der Waals surface area contributed by atoms with Crippen LogP contribution in [-0.4, -0.2) is 0 Å². The molecule has 0 aromatic rings. The summed E-state index contributed by atoms with van der Waals surface area (Å²) in [5.74, 6) is 1.59. The Kier molecular flexibility index (Phi) is 15.3. The van der Waals surface area contributed by atoms with Crippen LogP contribution >= 0.6 is 0 Å². The maximum Gasteiger partial charge on any atom is -1.00 e. The minimum Gasteiger partial charge on any atom is -1.00 e. The van der Waals surface area contributed by atoms with Gasteiger partial charge in [-0.3, -0.25) is 0 Å². The van der Waals surface area contributed by atoms with Gasteiger partial charge in [-0.25, -0.2) is 0 Å². The zero-order valence-corrected chi connectivity index (χ0v) is 24.7. The third-order valence-corrected chi connectivity index (χ3v) is 13.4. The first-order chi connectivity index (χ1) is 15.4. The summed E-state index contributed by atoms with van der Waals surface area (Å²) in [6.45, 7) is 0. The first kappa shape index (κ1) is 29.7. The summed E-state index contributed by atoms with van der Waals surface area (Å²) in [5, 5.41) is 0. The third kappa shape index (κ3) is 9.43. The first-order valence-corrected chi connectivity index (χ1v) is 16.8. The van der Waals surface area contributed by atoms with E-state index in [2.05, 4.69) is 36.5 Å². The van der Waals surface area contributed by atoms with Gasteiger partial charge in [-0.05, 0) is 0 Å². The van der Waals surface area contributed by atoms with E-state index in [0.29, 0.717) is 0 Å². The summed E-state index contributed by atoms with van der Waals surface area (Å²) in [7, 11) is 0. The normalized spacial score (nSPS) is 31.4. The maximum absolute atomic E-state index is 2.58. The fraction of sp³-hybridized carbons (Fsp3) is 0.733. The molecule has 4 atom stereocenters. The van der Waals surface area contributed by atoms with Crippen LogP contribution in [0.25, 0.3) is 0 Å². The molecule has 4 unspecified atom stereocenters. The van der Waals surface area contributed by atoms with Crippen molar-refractivity contribution in [3.05, 3.63) is 47.6 Å². The van der Waals surface area contributed by atoms with E-state index < -0.39 is 23.2 Å². The molecule has 2 saturated carbocycles. The molecule has 0 amide bonds. The Morgan fingerprint density at radius 3 is 1.18 bits per heavy atom. The molecule has 4 rings (SSSR count).